The van der Waals surface area contributed by atoms with Crippen LogP contribution in [0.1, 0.15) is 46.8 Å². The molecule has 3 aromatic rings. The van der Waals surface area contributed by atoms with Crippen LogP contribution < -0.4 is 11.1 Å². The zero-order chi connectivity index (χ0) is 30.3. The summed E-state index contributed by atoms with van der Waals surface area (Å²) in [5.41, 5.74) is 4.42. The van der Waals surface area contributed by atoms with Crippen LogP contribution in [-0.2, 0) is 22.3 Å². The summed E-state index contributed by atoms with van der Waals surface area (Å²) in [5, 5.41) is 2.56. The molecule has 3 unspecified atom stereocenters. The summed E-state index contributed by atoms with van der Waals surface area (Å²) in [6.07, 6.45) is -2.90. The second kappa shape index (κ2) is 11.5. The number of thiophene rings is 1. The third kappa shape index (κ3) is 5.47. The van der Waals surface area contributed by atoms with E-state index >= 15 is 0 Å². The Morgan fingerprint density at radius 3 is 2.43 bits per heavy atom. The number of piperidine rings is 1. The van der Waals surface area contributed by atoms with Gasteiger partial charge in [0.2, 0.25) is 11.8 Å². The molecule has 0 bridgehead atoms. The average Bonchev–Trinajstić information content (AvgIpc) is 3.30. The number of urea groups is 1. The summed E-state index contributed by atoms with van der Waals surface area (Å²) >= 11 is 1.19. The average molecular weight is 674 g/mol. The lowest BCUT2D eigenvalue weighted by Gasteiger charge is -2.21. The summed E-state index contributed by atoms with van der Waals surface area (Å²) in [5.74, 6) is -1.63. The molecule has 16 heteroatoms. The number of rotatable bonds is 5. The van der Waals surface area contributed by atoms with Crippen LogP contribution in [0.4, 0.5) is 18.0 Å². The van der Waals surface area contributed by atoms with Crippen LogP contribution in [0.5, 0.6) is 0 Å². The van der Waals surface area contributed by atoms with Crippen molar-refractivity contribution < 1.29 is 32.3 Å². The van der Waals surface area contributed by atoms with Gasteiger partial charge in [-0.15, -0.1) is 36.2 Å². The standard InChI is InChI=1S/C28H27F3N6O4S.2ClH/c1-12-8-17(28(29,30)31)35-21(18(12)23(38)36-7-5-13(10-36)34-26(32)41)15-4-6-33-16-9-14(42-22(15)16)11-37-24(39)19-20(25(37)40)27(19,2)3;;/h4,6,8-9,13,19-20H,5,7,10-11H2,1-3H3,(H3,32,34,41);2*1H. The topological polar surface area (TPSA) is 139 Å². The molecular formula is C28H29Cl2F3N6O4S. The number of halogens is 5. The lowest BCUT2D eigenvalue weighted by Crippen LogP contribution is -2.41. The number of hydrogen-bond donors (Lipinski definition) is 2. The van der Waals surface area contributed by atoms with E-state index in [0.717, 1.165) is 6.07 Å². The van der Waals surface area contributed by atoms with Gasteiger partial charge < -0.3 is 16.0 Å². The molecular weight excluding hydrogens is 644 g/mol. The minimum absolute atomic E-state index is 0. The van der Waals surface area contributed by atoms with Crippen molar-refractivity contribution in [1.82, 2.24) is 25.1 Å². The number of nitrogens with one attached hydrogen (secondary N) is 1. The van der Waals surface area contributed by atoms with E-state index in [1.54, 1.807) is 6.07 Å². The largest absolute Gasteiger partial charge is 0.433 e. The van der Waals surface area contributed by atoms with Crippen LogP contribution >= 0.6 is 36.2 Å². The zero-order valence-electron chi connectivity index (χ0n) is 23.7. The third-order valence-corrected chi connectivity index (χ3v) is 9.61. The van der Waals surface area contributed by atoms with E-state index in [1.165, 1.54) is 40.3 Å². The number of carbonyl (C=O) groups is 4. The van der Waals surface area contributed by atoms with Crippen LogP contribution in [0.15, 0.2) is 24.4 Å². The minimum Gasteiger partial charge on any atom is -0.352 e. The van der Waals surface area contributed by atoms with Crippen molar-refractivity contribution in [2.45, 2.75) is 46.0 Å². The third-order valence-electron chi connectivity index (χ3n) is 8.47. The van der Waals surface area contributed by atoms with E-state index in [-0.39, 0.29) is 102 Å². The van der Waals surface area contributed by atoms with Gasteiger partial charge in [-0.1, -0.05) is 13.8 Å². The molecule has 0 radical (unpaired) electrons. The predicted molar refractivity (Wildman–Crippen MR) is 160 cm³/mol. The number of aromatic nitrogens is 2. The number of carbonyl (C=O) groups excluding carboxylic acids is 4. The highest BCUT2D eigenvalue weighted by molar-refractivity contribution is 7.19. The fourth-order valence-corrected chi connectivity index (χ4v) is 7.39. The number of aryl methyl sites for hydroxylation is 1. The Morgan fingerprint density at radius 2 is 1.82 bits per heavy atom. The molecule has 2 aliphatic heterocycles. The Hall–Kier alpha value is -3.49. The minimum atomic E-state index is -4.76. The van der Waals surface area contributed by atoms with Gasteiger partial charge in [-0.05, 0) is 42.5 Å². The number of primary amides is 1. The number of hydrogen-bond acceptors (Lipinski definition) is 7. The van der Waals surface area contributed by atoms with Gasteiger partial charge in [0.25, 0.3) is 5.91 Å². The van der Waals surface area contributed by atoms with E-state index < -0.39 is 23.8 Å². The fourth-order valence-electron chi connectivity index (χ4n) is 6.27. The molecule has 3 aromatic heterocycles. The first-order chi connectivity index (χ1) is 19.7. The highest BCUT2D eigenvalue weighted by atomic mass is 35.5. The van der Waals surface area contributed by atoms with Crippen LogP contribution in [0, 0.1) is 24.2 Å². The van der Waals surface area contributed by atoms with Crippen LogP contribution in [0.2, 0.25) is 0 Å². The molecule has 10 nitrogen and oxygen atoms in total. The second-order valence-corrected chi connectivity index (χ2v) is 12.8. The number of nitrogens with zero attached hydrogens (tertiary/aromatic N) is 4. The number of likely N-dealkylation sites (tertiary alicyclic amines) is 2. The Kier molecular flexibility index (Phi) is 8.70. The smallest absolute Gasteiger partial charge is 0.352 e. The van der Waals surface area contributed by atoms with Crippen molar-refractivity contribution in [3.8, 4) is 11.3 Å². The van der Waals surface area contributed by atoms with Crippen molar-refractivity contribution in [2.24, 2.45) is 23.0 Å². The van der Waals surface area contributed by atoms with Gasteiger partial charge >= 0.3 is 12.2 Å². The molecule has 5 amide bonds. The summed E-state index contributed by atoms with van der Waals surface area (Å²) in [6, 6.07) is 2.95. The van der Waals surface area contributed by atoms with Gasteiger partial charge in [0.15, 0.2) is 0 Å². The van der Waals surface area contributed by atoms with Crippen molar-refractivity contribution in [1.29, 1.82) is 0 Å². The van der Waals surface area contributed by atoms with Gasteiger partial charge in [0.1, 0.15) is 5.69 Å². The Bertz CT molecular complexity index is 1670. The number of amides is 5. The van der Waals surface area contributed by atoms with Crippen molar-refractivity contribution in [3.63, 3.8) is 0 Å². The fraction of sp³-hybridized carbons (Fsp3) is 0.429. The van der Waals surface area contributed by atoms with Crippen molar-refractivity contribution in [2.75, 3.05) is 13.1 Å². The molecule has 236 valence electrons. The van der Waals surface area contributed by atoms with E-state index in [4.69, 9.17) is 5.73 Å². The van der Waals surface area contributed by atoms with Crippen LogP contribution in [0.3, 0.4) is 0 Å². The first-order valence-corrected chi connectivity index (χ1v) is 14.2. The Balaban J connectivity index is 0.00000221. The Labute approximate surface area is 266 Å². The van der Waals surface area contributed by atoms with Gasteiger partial charge in [0.05, 0.1) is 39.9 Å². The van der Waals surface area contributed by atoms with E-state index in [1.807, 2.05) is 13.8 Å². The lowest BCUT2D eigenvalue weighted by atomic mass is 9.99. The molecule has 1 aliphatic carbocycles. The number of nitrogens with two attached hydrogens (primary N) is 1. The lowest BCUT2D eigenvalue weighted by molar-refractivity contribution is -0.144. The molecule has 0 aromatic carbocycles. The number of imide groups is 1. The predicted octanol–water partition coefficient (Wildman–Crippen LogP) is 4.55. The van der Waals surface area contributed by atoms with E-state index in [0.29, 0.717) is 21.5 Å². The molecule has 3 N–H and O–H groups in total. The summed E-state index contributed by atoms with van der Waals surface area (Å²) in [4.78, 5) is 62.4. The second-order valence-electron chi connectivity index (χ2n) is 11.6. The number of fused-ring (bicyclic) bond motifs is 2. The van der Waals surface area contributed by atoms with Crippen LogP contribution in [0.25, 0.3) is 21.5 Å². The molecule has 2 saturated heterocycles. The first kappa shape index (κ1) is 33.4. The highest BCUT2D eigenvalue weighted by Crippen LogP contribution is 2.63. The zero-order valence-corrected chi connectivity index (χ0v) is 26.2. The number of pyridine rings is 2. The molecule has 3 aliphatic rings. The SMILES string of the molecule is Cc1cc(C(F)(F)F)nc(-c2ccnc3cc(CN4C(=O)C5C(C4=O)C5(C)C)sc23)c1C(=O)N1CCC(NC(N)=O)C1.Cl.Cl. The molecule has 6 rings (SSSR count). The summed E-state index contributed by atoms with van der Waals surface area (Å²) in [6.45, 7) is 5.67. The monoisotopic (exact) mass is 672 g/mol. The summed E-state index contributed by atoms with van der Waals surface area (Å²) < 4.78 is 42.1. The molecule has 3 fully saturated rings. The van der Waals surface area contributed by atoms with Gasteiger partial charge in [-0.2, -0.15) is 13.2 Å². The van der Waals surface area contributed by atoms with Crippen LogP contribution in [-0.4, -0.2) is 62.7 Å². The Morgan fingerprint density at radius 1 is 1.16 bits per heavy atom. The van der Waals surface area contributed by atoms with Gasteiger partial charge in [-0.3, -0.25) is 24.3 Å². The molecule has 44 heavy (non-hydrogen) atoms. The van der Waals surface area contributed by atoms with Gasteiger partial charge in [-0.25, -0.2) is 9.78 Å². The summed E-state index contributed by atoms with van der Waals surface area (Å²) in [7, 11) is 0. The normalized spacial score (nSPS) is 22.0. The molecule has 0 spiro atoms. The van der Waals surface area contributed by atoms with Crippen molar-refractivity contribution >= 4 is 70.1 Å². The van der Waals surface area contributed by atoms with E-state index in [2.05, 4.69) is 15.3 Å². The van der Waals surface area contributed by atoms with Crippen molar-refractivity contribution in [3.05, 3.63) is 46.1 Å². The first-order valence-electron chi connectivity index (χ1n) is 13.4. The molecule has 5 heterocycles. The maximum atomic E-state index is 13.9. The van der Waals surface area contributed by atoms with E-state index in [9.17, 15) is 32.3 Å². The highest BCUT2D eigenvalue weighted by Gasteiger charge is 2.72. The maximum absolute atomic E-state index is 13.9. The molecule has 1 saturated carbocycles. The number of alkyl halides is 3. The maximum Gasteiger partial charge on any atom is 0.433 e. The quantitative estimate of drug-likeness (QED) is 0.381. The molecule has 3 atom stereocenters. The van der Waals surface area contributed by atoms with Gasteiger partial charge in [0, 0.05) is 35.8 Å².